The van der Waals surface area contributed by atoms with Crippen molar-refractivity contribution < 1.29 is 13.9 Å². The van der Waals surface area contributed by atoms with Gasteiger partial charge < -0.3 is 13.9 Å². The summed E-state index contributed by atoms with van der Waals surface area (Å²) in [4.78, 5) is 4.25. The van der Waals surface area contributed by atoms with E-state index in [1.54, 1.807) is 6.26 Å². The highest BCUT2D eigenvalue weighted by Gasteiger charge is 2.13. The molecular weight excluding hydrogens is 321 g/mol. The number of hydrogen-bond donors (Lipinski definition) is 0. The molecule has 2 aromatic rings. The van der Waals surface area contributed by atoms with Gasteiger partial charge in [0.25, 0.3) is 3.90 Å². The van der Waals surface area contributed by atoms with E-state index in [9.17, 15) is 0 Å². The topological polar surface area (TPSA) is 44.5 Å². The van der Waals surface area contributed by atoms with E-state index in [1.165, 1.54) is 0 Å². The largest absolute Gasteiger partial charge is 0.486 e. The highest BCUT2D eigenvalue weighted by atomic mass is 127. The normalized spacial score (nSPS) is 13.8. The van der Waals surface area contributed by atoms with Gasteiger partial charge >= 0.3 is 0 Å². The van der Waals surface area contributed by atoms with Crippen LogP contribution in [0, 0.1) is 3.90 Å². The molecule has 0 saturated heterocycles. The summed E-state index contributed by atoms with van der Waals surface area (Å²) in [6, 6.07) is 5.76. The Morgan fingerprint density at radius 3 is 2.69 bits per heavy atom. The third-order valence-electron chi connectivity index (χ3n) is 2.31. The minimum atomic E-state index is 0.590. The van der Waals surface area contributed by atoms with E-state index < -0.39 is 0 Å². The van der Waals surface area contributed by atoms with Crippen LogP contribution in [0.1, 0.15) is 0 Å². The maximum atomic E-state index is 5.51. The fourth-order valence-electron chi connectivity index (χ4n) is 1.59. The molecule has 5 heteroatoms. The van der Waals surface area contributed by atoms with E-state index in [0.29, 0.717) is 17.1 Å². The molecule has 0 amide bonds. The van der Waals surface area contributed by atoms with Gasteiger partial charge in [0.15, 0.2) is 11.5 Å². The maximum absolute atomic E-state index is 5.51. The van der Waals surface area contributed by atoms with E-state index in [4.69, 9.17) is 13.9 Å². The van der Waals surface area contributed by atoms with E-state index in [2.05, 4.69) is 4.98 Å². The Hall–Kier alpha value is -1.24. The van der Waals surface area contributed by atoms with Gasteiger partial charge in [0.1, 0.15) is 25.2 Å². The molecule has 82 valence electrons. The molecule has 3 rings (SSSR count). The summed E-state index contributed by atoms with van der Waals surface area (Å²) in [5.74, 6) is 1.55. The Morgan fingerprint density at radius 2 is 1.94 bits per heavy atom. The molecule has 0 N–H and O–H groups in total. The van der Waals surface area contributed by atoms with Gasteiger partial charge in [-0.2, -0.15) is 0 Å². The monoisotopic (exact) mass is 329 g/mol. The zero-order valence-corrected chi connectivity index (χ0v) is 10.4. The number of ether oxygens (including phenoxy) is 2. The zero-order valence-electron chi connectivity index (χ0n) is 8.27. The molecular formula is C11H8INO3. The summed E-state index contributed by atoms with van der Waals surface area (Å²) in [6.45, 7) is 1.20. The Morgan fingerprint density at radius 1 is 1.12 bits per heavy atom. The highest BCUT2D eigenvalue weighted by molar-refractivity contribution is 14.1. The van der Waals surface area contributed by atoms with Gasteiger partial charge in [0.2, 0.25) is 0 Å². The third kappa shape index (κ3) is 1.75. The second-order valence-corrected chi connectivity index (χ2v) is 4.27. The molecule has 0 spiro atoms. The lowest BCUT2D eigenvalue weighted by atomic mass is 10.1. The zero-order chi connectivity index (χ0) is 11.0. The number of rotatable bonds is 1. The van der Waals surface area contributed by atoms with Gasteiger partial charge in [-0.25, -0.2) is 4.98 Å². The average molecular weight is 329 g/mol. The van der Waals surface area contributed by atoms with Crippen LogP contribution in [0.2, 0.25) is 0 Å². The maximum Gasteiger partial charge on any atom is 0.257 e. The first kappa shape index (κ1) is 9.95. The summed E-state index contributed by atoms with van der Waals surface area (Å²) < 4.78 is 16.8. The predicted octanol–water partition coefficient (Wildman–Crippen LogP) is 2.72. The summed E-state index contributed by atoms with van der Waals surface area (Å²) in [7, 11) is 0. The van der Waals surface area contributed by atoms with Crippen molar-refractivity contribution in [3.05, 3.63) is 28.4 Å². The SMILES string of the molecule is Ic1nc(-c2ccc3c(c2)OCCO3)co1. The van der Waals surface area contributed by atoms with Crippen LogP contribution in [0.5, 0.6) is 11.5 Å². The van der Waals surface area contributed by atoms with Crippen LogP contribution in [0.4, 0.5) is 0 Å². The number of aromatic nitrogens is 1. The lowest BCUT2D eigenvalue weighted by Crippen LogP contribution is -2.15. The fourth-order valence-corrected chi connectivity index (χ4v) is 1.97. The molecule has 0 unspecified atom stereocenters. The second-order valence-electron chi connectivity index (χ2n) is 3.34. The van der Waals surface area contributed by atoms with E-state index >= 15 is 0 Å². The first-order valence-electron chi connectivity index (χ1n) is 4.84. The van der Waals surface area contributed by atoms with Crippen molar-refractivity contribution in [3.8, 4) is 22.8 Å². The van der Waals surface area contributed by atoms with Crippen LogP contribution in [-0.2, 0) is 0 Å². The van der Waals surface area contributed by atoms with Gasteiger partial charge in [-0.05, 0) is 18.2 Å². The van der Waals surface area contributed by atoms with Crippen molar-refractivity contribution in [2.45, 2.75) is 0 Å². The summed E-state index contributed by atoms with van der Waals surface area (Å²) in [6.07, 6.45) is 1.63. The molecule has 0 bridgehead atoms. The Balaban J connectivity index is 2.02. The average Bonchev–Trinajstić information content (AvgIpc) is 2.75. The van der Waals surface area contributed by atoms with Crippen molar-refractivity contribution in [2.75, 3.05) is 13.2 Å². The number of fused-ring (bicyclic) bond motifs is 1. The number of hydrogen-bond acceptors (Lipinski definition) is 4. The van der Waals surface area contributed by atoms with E-state index in [0.717, 1.165) is 22.8 Å². The van der Waals surface area contributed by atoms with Gasteiger partial charge in [-0.3, -0.25) is 0 Å². The molecule has 0 atom stereocenters. The quantitative estimate of drug-likeness (QED) is 0.755. The van der Waals surface area contributed by atoms with Crippen LogP contribution in [0.3, 0.4) is 0 Å². The highest BCUT2D eigenvalue weighted by Crippen LogP contribution is 2.34. The van der Waals surface area contributed by atoms with Crippen molar-refractivity contribution in [2.24, 2.45) is 0 Å². The molecule has 1 aromatic heterocycles. The fraction of sp³-hybridized carbons (Fsp3) is 0.182. The van der Waals surface area contributed by atoms with Crippen LogP contribution in [0.15, 0.2) is 28.9 Å². The van der Waals surface area contributed by atoms with Crippen molar-refractivity contribution in [3.63, 3.8) is 0 Å². The van der Waals surface area contributed by atoms with Gasteiger partial charge in [-0.1, -0.05) is 0 Å². The number of benzene rings is 1. The molecule has 0 saturated carbocycles. The smallest absolute Gasteiger partial charge is 0.257 e. The Kier molecular flexibility index (Phi) is 2.47. The minimum absolute atomic E-state index is 0.590. The second kappa shape index (κ2) is 3.97. The standard InChI is InChI=1S/C11H8INO3/c12-11-13-8(6-16-11)7-1-2-9-10(5-7)15-4-3-14-9/h1-2,5-6H,3-4H2. The number of oxazole rings is 1. The number of halogens is 1. The van der Waals surface area contributed by atoms with E-state index in [1.807, 2.05) is 40.8 Å². The summed E-state index contributed by atoms with van der Waals surface area (Å²) in [5.41, 5.74) is 1.78. The Bertz CT molecular complexity index is 524. The molecule has 1 aliphatic heterocycles. The minimum Gasteiger partial charge on any atom is -0.486 e. The van der Waals surface area contributed by atoms with Gasteiger partial charge in [0.05, 0.1) is 0 Å². The molecule has 1 aromatic carbocycles. The first-order valence-corrected chi connectivity index (χ1v) is 5.92. The number of nitrogens with zero attached hydrogens (tertiary/aromatic N) is 1. The molecule has 16 heavy (non-hydrogen) atoms. The summed E-state index contributed by atoms with van der Waals surface area (Å²) in [5, 5.41) is 0. The molecule has 0 radical (unpaired) electrons. The molecule has 1 aliphatic rings. The van der Waals surface area contributed by atoms with Gasteiger partial charge in [0, 0.05) is 28.2 Å². The first-order chi connectivity index (χ1) is 7.83. The van der Waals surface area contributed by atoms with Crippen LogP contribution < -0.4 is 9.47 Å². The van der Waals surface area contributed by atoms with Crippen molar-refractivity contribution >= 4 is 22.6 Å². The van der Waals surface area contributed by atoms with E-state index in [-0.39, 0.29) is 0 Å². The third-order valence-corrected chi connectivity index (χ3v) is 2.81. The van der Waals surface area contributed by atoms with Crippen LogP contribution in [0.25, 0.3) is 11.3 Å². The van der Waals surface area contributed by atoms with Crippen molar-refractivity contribution in [1.82, 2.24) is 4.98 Å². The lowest BCUT2D eigenvalue weighted by molar-refractivity contribution is 0.171. The predicted molar refractivity (Wildman–Crippen MR) is 65.6 cm³/mol. The molecule has 4 nitrogen and oxygen atoms in total. The molecule has 0 fully saturated rings. The molecule has 2 heterocycles. The molecule has 0 aliphatic carbocycles. The van der Waals surface area contributed by atoms with Crippen LogP contribution in [-0.4, -0.2) is 18.2 Å². The van der Waals surface area contributed by atoms with Crippen LogP contribution >= 0.6 is 22.6 Å². The summed E-state index contributed by atoms with van der Waals surface area (Å²) >= 11 is 2.04. The van der Waals surface area contributed by atoms with Gasteiger partial charge in [-0.15, -0.1) is 0 Å². The Labute approximate surface area is 106 Å². The van der Waals surface area contributed by atoms with Crippen molar-refractivity contribution in [1.29, 1.82) is 0 Å². The lowest BCUT2D eigenvalue weighted by Gasteiger charge is -2.18.